The molecule has 0 aliphatic rings. The minimum atomic E-state index is -0.267. The molecule has 2 rings (SSSR count). The minimum absolute atomic E-state index is 0.0537. The van der Waals surface area contributed by atoms with E-state index in [-0.39, 0.29) is 16.4 Å². The van der Waals surface area contributed by atoms with Crippen LogP contribution in [0.3, 0.4) is 0 Å². The van der Waals surface area contributed by atoms with Gasteiger partial charge in [0.25, 0.3) is 5.91 Å². The zero-order valence-electron chi connectivity index (χ0n) is 11.0. The zero-order valence-corrected chi connectivity index (χ0v) is 12.6. The molecule has 1 N–H and O–H groups in total. The number of nitrogens with zero attached hydrogens (tertiary/aromatic N) is 1. The first-order chi connectivity index (χ1) is 9.70. The van der Waals surface area contributed by atoms with E-state index in [1.54, 1.807) is 13.2 Å². The Morgan fingerprint density at radius 2 is 2.20 bits per heavy atom. The Hall–Kier alpha value is -1.66. The third-order valence-electron chi connectivity index (χ3n) is 2.68. The fourth-order valence-corrected chi connectivity index (χ4v) is 2.15. The van der Waals surface area contributed by atoms with E-state index in [2.05, 4.69) is 26.4 Å². The average Bonchev–Trinajstić information content (AvgIpc) is 2.94. The summed E-state index contributed by atoms with van der Waals surface area (Å²) in [5.41, 5.74) is 1.36. The molecule has 1 aromatic heterocycles. The minimum Gasteiger partial charge on any atom is -0.377 e. The van der Waals surface area contributed by atoms with Gasteiger partial charge in [-0.1, -0.05) is 51.4 Å². The normalized spacial score (nSPS) is 12.1. The van der Waals surface area contributed by atoms with Crippen LogP contribution in [0.25, 0.3) is 0 Å². The van der Waals surface area contributed by atoms with Crippen LogP contribution >= 0.6 is 15.9 Å². The highest BCUT2D eigenvalue weighted by atomic mass is 79.9. The van der Waals surface area contributed by atoms with Crippen molar-refractivity contribution in [2.75, 3.05) is 13.7 Å². The monoisotopic (exact) mass is 338 g/mol. The van der Waals surface area contributed by atoms with Gasteiger partial charge >= 0.3 is 0 Å². The smallest absolute Gasteiger partial charge is 0.273 e. The number of aromatic nitrogens is 1. The van der Waals surface area contributed by atoms with Crippen molar-refractivity contribution in [2.24, 2.45) is 0 Å². The maximum atomic E-state index is 11.9. The number of rotatable bonds is 6. The maximum absolute atomic E-state index is 11.9. The van der Waals surface area contributed by atoms with E-state index >= 15 is 0 Å². The molecule has 0 bridgehead atoms. The van der Waals surface area contributed by atoms with E-state index in [0.29, 0.717) is 18.9 Å². The molecule has 0 radical (unpaired) electrons. The molecule has 20 heavy (non-hydrogen) atoms. The molecular weight excluding hydrogens is 324 g/mol. The van der Waals surface area contributed by atoms with E-state index in [4.69, 9.17) is 9.26 Å². The van der Waals surface area contributed by atoms with Crippen molar-refractivity contribution >= 4 is 21.8 Å². The summed E-state index contributed by atoms with van der Waals surface area (Å²) in [7, 11) is 1.55. The van der Waals surface area contributed by atoms with Crippen LogP contribution in [0.15, 0.2) is 40.9 Å². The van der Waals surface area contributed by atoms with E-state index < -0.39 is 0 Å². The lowest BCUT2D eigenvalue weighted by molar-refractivity contribution is 0.0944. The van der Waals surface area contributed by atoms with Crippen LogP contribution in [0.4, 0.5) is 0 Å². The molecule has 0 saturated carbocycles. The summed E-state index contributed by atoms with van der Waals surface area (Å²) in [5, 5.41) is 6.51. The lowest BCUT2D eigenvalue weighted by Gasteiger charge is -2.10. The van der Waals surface area contributed by atoms with Crippen molar-refractivity contribution in [1.29, 1.82) is 0 Å². The molecule has 1 atom stereocenters. The number of hydrogen-bond donors (Lipinski definition) is 1. The maximum Gasteiger partial charge on any atom is 0.273 e. The lowest BCUT2D eigenvalue weighted by atomic mass is 10.1. The molecule has 5 nitrogen and oxygen atoms in total. The van der Waals surface area contributed by atoms with Crippen molar-refractivity contribution in [2.45, 2.75) is 11.4 Å². The Bertz CT molecular complexity index is 557. The first kappa shape index (κ1) is 14.7. The van der Waals surface area contributed by atoms with Crippen LogP contribution in [0.2, 0.25) is 0 Å². The number of ether oxygens (including phenoxy) is 1. The second-order valence-electron chi connectivity index (χ2n) is 4.20. The number of amides is 1. The van der Waals surface area contributed by atoms with Gasteiger partial charge in [0, 0.05) is 19.7 Å². The predicted molar refractivity (Wildman–Crippen MR) is 77.7 cm³/mol. The number of carbonyl (C=O) groups is 1. The quantitative estimate of drug-likeness (QED) is 0.822. The number of hydrogen-bond acceptors (Lipinski definition) is 4. The Kier molecular flexibility index (Phi) is 5.31. The van der Waals surface area contributed by atoms with E-state index in [9.17, 15) is 4.79 Å². The molecule has 1 amide bonds. The van der Waals surface area contributed by atoms with Crippen LogP contribution < -0.4 is 5.32 Å². The molecule has 1 unspecified atom stereocenters. The summed E-state index contributed by atoms with van der Waals surface area (Å²) < 4.78 is 9.87. The SMILES string of the molecule is COCc1cc(C(=O)NCC(Br)c2ccccc2)no1. The van der Waals surface area contributed by atoms with Gasteiger partial charge in [0.15, 0.2) is 11.5 Å². The molecule has 1 aromatic carbocycles. The number of nitrogens with one attached hydrogen (secondary N) is 1. The fraction of sp³-hybridized carbons (Fsp3) is 0.286. The first-order valence-electron chi connectivity index (χ1n) is 6.12. The van der Waals surface area contributed by atoms with Crippen molar-refractivity contribution in [3.8, 4) is 0 Å². The summed E-state index contributed by atoms with van der Waals surface area (Å²) in [6, 6.07) is 11.4. The van der Waals surface area contributed by atoms with Gasteiger partial charge in [-0.2, -0.15) is 0 Å². The zero-order chi connectivity index (χ0) is 14.4. The van der Waals surface area contributed by atoms with Crippen molar-refractivity contribution < 1.29 is 14.1 Å². The summed E-state index contributed by atoms with van der Waals surface area (Å²) in [5.74, 6) is 0.257. The van der Waals surface area contributed by atoms with Crippen LogP contribution in [-0.4, -0.2) is 24.7 Å². The largest absolute Gasteiger partial charge is 0.377 e. The van der Waals surface area contributed by atoms with Crippen LogP contribution in [0.5, 0.6) is 0 Å². The van der Waals surface area contributed by atoms with Crippen LogP contribution in [-0.2, 0) is 11.3 Å². The highest BCUT2D eigenvalue weighted by molar-refractivity contribution is 9.09. The number of halogens is 1. The van der Waals surface area contributed by atoms with E-state index in [1.165, 1.54) is 0 Å². The van der Waals surface area contributed by atoms with Gasteiger partial charge in [0.2, 0.25) is 0 Å². The molecule has 6 heteroatoms. The Balaban J connectivity index is 1.88. The summed E-state index contributed by atoms with van der Waals surface area (Å²) in [4.78, 5) is 12.0. The average molecular weight is 339 g/mol. The molecule has 0 aliphatic heterocycles. The summed E-state index contributed by atoms with van der Waals surface area (Å²) in [6.07, 6.45) is 0. The summed E-state index contributed by atoms with van der Waals surface area (Å²) >= 11 is 3.54. The number of carbonyl (C=O) groups excluding carboxylic acids is 1. The Labute approximate surface area is 125 Å². The fourth-order valence-electron chi connectivity index (χ4n) is 1.68. The highest BCUT2D eigenvalue weighted by Gasteiger charge is 2.14. The molecule has 1 heterocycles. The standard InChI is InChI=1S/C14H15BrN2O3/c1-19-9-11-7-13(17-20-11)14(18)16-8-12(15)10-5-3-2-4-6-10/h2-7,12H,8-9H2,1H3,(H,16,18). The second kappa shape index (κ2) is 7.21. The predicted octanol–water partition coefficient (Wildman–Crippen LogP) is 2.69. The third-order valence-corrected chi connectivity index (χ3v) is 3.53. The Morgan fingerprint density at radius 3 is 2.90 bits per heavy atom. The van der Waals surface area contributed by atoms with Gasteiger partial charge in [-0.15, -0.1) is 0 Å². The molecule has 2 aromatic rings. The Morgan fingerprint density at radius 1 is 1.45 bits per heavy atom. The molecule has 0 saturated heterocycles. The molecule has 106 valence electrons. The number of methoxy groups -OCH3 is 1. The van der Waals surface area contributed by atoms with Crippen molar-refractivity contribution in [3.05, 3.63) is 53.4 Å². The van der Waals surface area contributed by atoms with Gasteiger partial charge in [0.05, 0.1) is 4.83 Å². The summed E-state index contributed by atoms with van der Waals surface area (Å²) in [6.45, 7) is 0.765. The van der Waals surface area contributed by atoms with Gasteiger partial charge in [0.1, 0.15) is 6.61 Å². The molecule has 0 spiro atoms. The molecule has 0 fully saturated rings. The third kappa shape index (κ3) is 3.91. The topological polar surface area (TPSA) is 64.4 Å². The molecular formula is C14H15BrN2O3. The van der Waals surface area contributed by atoms with Crippen molar-refractivity contribution in [3.63, 3.8) is 0 Å². The second-order valence-corrected chi connectivity index (χ2v) is 5.31. The van der Waals surface area contributed by atoms with Crippen molar-refractivity contribution in [1.82, 2.24) is 10.5 Å². The lowest BCUT2D eigenvalue weighted by Crippen LogP contribution is -2.26. The number of alkyl halides is 1. The van der Waals surface area contributed by atoms with Gasteiger partial charge < -0.3 is 14.6 Å². The van der Waals surface area contributed by atoms with Crippen LogP contribution in [0, 0.1) is 0 Å². The van der Waals surface area contributed by atoms with E-state index in [1.807, 2.05) is 30.3 Å². The van der Waals surface area contributed by atoms with E-state index in [0.717, 1.165) is 5.56 Å². The van der Waals surface area contributed by atoms with Gasteiger partial charge in [-0.3, -0.25) is 4.79 Å². The number of benzene rings is 1. The first-order valence-corrected chi connectivity index (χ1v) is 7.04. The van der Waals surface area contributed by atoms with Gasteiger partial charge in [-0.05, 0) is 5.56 Å². The van der Waals surface area contributed by atoms with Gasteiger partial charge in [-0.25, -0.2) is 0 Å². The van der Waals surface area contributed by atoms with Crippen LogP contribution in [0.1, 0.15) is 26.6 Å². The highest BCUT2D eigenvalue weighted by Crippen LogP contribution is 2.21. The molecule has 0 aliphatic carbocycles.